The van der Waals surface area contributed by atoms with Crippen molar-refractivity contribution in [2.45, 2.75) is 44.6 Å². The zero-order valence-corrected chi connectivity index (χ0v) is 18.4. The van der Waals surface area contributed by atoms with E-state index in [1.807, 2.05) is 18.2 Å². The summed E-state index contributed by atoms with van der Waals surface area (Å²) in [5.41, 5.74) is 3.64. The number of carbonyl (C=O) groups excluding carboxylic acids is 1. The second-order valence-electron chi connectivity index (χ2n) is 9.75. The molecule has 162 valence electrons. The molecule has 1 fully saturated rings. The highest BCUT2D eigenvalue weighted by atomic mass is 16.5. The minimum Gasteiger partial charge on any atom is -0.493 e. The highest BCUT2D eigenvalue weighted by Gasteiger charge is 2.57. The molecule has 4 heterocycles. The Bertz CT molecular complexity index is 1040. The van der Waals surface area contributed by atoms with E-state index < -0.39 is 5.41 Å². The van der Waals surface area contributed by atoms with Crippen LogP contribution >= 0.6 is 0 Å². The number of fused-ring (bicyclic) bond motifs is 5. The third-order valence-corrected chi connectivity index (χ3v) is 7.78. The quantitative estimate of drug-likeness (QED) is 0.761. The number of piperidine rings is 1. The Morgan fingerprint density at radius 1 is 1.06 bits per heavy atom. The Balaban J connectivity index is 1.35. The van der Waals surface area contributed by atoms with Crippen LogP contribution in [-0.2, 0) is 16.6 Å². The van der Waals surface area contributed by atoms with Crippen LogP contribution in [0.15, 0.2) is 36.4 Å². The topological polar surface area (TPSA) is 42.0 Å². The van der Waals surface area contributed by atoms with Crippen LogP contribution in [0.4, 0.5) is 5.69 Å². The summed E-state index contributed by atoms with van der Waals surface area (Å²) in [4.78, 5) is 18.7. The highest BCUT2D eigenvalue weighted by molar-refractivity contribution is 6.11. The van der Waals surface area contributed by atoms with Crippen molar-refractivity contribution in [2.75, 3.05) is 37.7 Å². The molecule has 4 aliphatic rings. The Morgan fingerprint density at radius 3 is 2.68 bits per heavy atom. The maximum Gasteiger partial charge on any atom is 0.245 e. The molecule has 2 aromatic carbocycles. The summed E-state index contributed by atoms with van der Waals surface area (Å²) in [7, 11) is 0. The maximum atomic E-state index is 14.1. The van der Waals surface area contributed by atoms with Crippen molar-refractivity contribution >= 4 is 11.6 Å². The van der Waals surface area contributed by atoms with Crippen molar-refractivity contribution < 1.29 is 14.3 Å². The van der Waals surface area contributed by atoms with Gasteiger partial charge < -0.3 is 19.3 Å². The fourth-order valence-corrected chi connectivity index (χ4v) is 5.94. The number of amides is 1. The molecular formula is C26H30N2O3. The van der Waals surface area contributed by atoms with Gasteiger partial charge in [-0.05, 0) is 69.0 Å². The molecule has 6 rings (SSSR count). The van der Waals surface area contributed by atoms with Gasteiger partial charge >= 0.3 is 0 Å². The van der Waals surface area contributed by atoms with Gasteiger partial charge in [-0.1, -0.05) is 18.2 Å². The van der Waals surface area contributed by atoms with E-state index in [4.69, 9.17) is 9.47 Å². The third kappa shape index (κ3) is 2.75. The first-order chi connectivity index (χ1) is 15.1. The summed E-state index contributed by atoms with van der Waals surface area (Å²) < 4.78 is 11.9. The van der Waals surface area contributed by atoms with Gasteiger partial charge in [0, 0.05) is 36.3 Å². The predicted molar refractivity (Wildman–Crippen MR) is 120 cm³/mol. The Hall–Kier alpha value is -2.53. The van der Waals surface area contributed by atoms with Gasteiger partial charge in [-0.3, -0.25) is 4.79 Å². The van der Waals surface area contributed by atoms with Crippen LogP contribution in [0.5, 0.6) is 11.5 Å². The van der Waals surface area contributed by atoms with Gasteiger partial charge in [0.2, 0.25) is 5.91 Å². The predicted octanol–water partition coefficient (Wildman–Crippen LogP) is 3.77. The molecule has 0 N–H and O–H groups in total. The number of likely N-dealkylation sites (tertiary alicyclic amines) is 1. The molecule has 0 saturated carbocycles. The molecule has 31 heavy (non-hydrogen) atoms. The number of ether oxygens (including phenoxy) is 2. The van der Waals surface area contributed by atoms with Gasteiger partial charge in [-0.25, -0.2) is 0 Å². The molecule has 0 aromatic heterocycles. The summed E-state index contributed by atoms with van der Waals surface area (Å²) in [6.45, 7) is 8.66. The zero-order valence-electron chi connectivity index (χ0n) is 18.4. The molecular weight excluding hydrogens is 388 g/mol. The molecule has 2 aromatic rings. The fourth-order valence-electron chi connectivity index (χ4n) is 5.94. The van der Waals surface area contributed by atoms with Crippen molar-refractivity contribution in [3.8, 4) is 11.5 Å². The van der Waals surface area contributed by atoms with Crippen LogP contribution in [0.1, 0.15) is 43.4 Å². The number of nitrogens with zero attached hydrogens (tertiary/aromatic N) is 2. The van der Waals surface area contributed by atoms with Crippen molar-refractivity contribution in [2.24, 2.45) is 5.92 Å². The molecule has 1 saturated heterocycles. The standard InChI is InChI=1S/C26H30N2O3/c1-17(2)27-10-7-18(8-11-27)15-28-22-6-4-3-5-20(22)26(25(28)29)16-31-24-14-23-19(9-12-30-23)13-21(24)26/h3-6,13-14,17-18H,7-12,15-16H2,1-2H3. The molecule has 1 unspecified atom stereocenters. The summed E-state index contributed by atoms with van der Waals surface area (Å²) >= 11 is 0. The minimum atomic E-state index is -0.720. The van der Waals surface area contributed by atoms with E-state index in [0.717, 1.165) is 67.2 Å². The van der Waals surface area contributed by atoms with Gasteiger partial charge in [-0.15, -0.1) is 0 Å². The Kier molecular flexibility index (Phi) is 4.32. The van der Waals surface area contributed by atoms with Gasteiger partial charge in [0.1, 0.15) is 23.5 Å². The zero-order chi connectivity index (χ0) is 21.2. The number of rotatable bonds is 3. The first-order valence-corrected chi connectivity index (χ1v) is 11.7. The van der Waals surface area contributed by atoms with Crippen LogP contribution in [-0.4, -0.2) is 49.7 Å². The minimum absolute atomic E-state index is 0.178. The van der Waals surface area contributed by atoms with Gasteiger partial charge in [0.25, 0.3) is 0 Å². The molecule has 1 amide bonds. The number of hydrogen-bond acceptors (Lipinski definition) is 4. The van der Waals surface area contributed by atoms with Crippen molar-refractivity contribution in [1.29, 1.82) is 0 Å². The number of carbonyl (C=O) groups is 1. The summed E-state index contributed by atoms with van der Waals surface area (Å²) in [6, 6.07) is 13.1. The van der Waals surface area contributed by atoms with Crippen LogP contribution in [0, 0.1) is 5.92 Å². The number of benzene rings is 2. The largest absolute Gasteiger partial charge is 0.493 e. The highest BCUT2D eigenvalue weighted by Crippen LogP contribution is 2.54. The van der Waals surface area contributed by atoms with E-state index >= 15 is 0 Å². The average Bonchev–Trinajstić information content (AvgIpc) is 3.45. The lowest BCUT2D eigenvalue weighted by Crippen LogP contribution is -2.46. The van der Waals surface area contributed by atoms with Gasteiger partial charge in [-0.2, -0.15) is 0 Å². The lowest BCUT2D eigenvalue weighted by Gasteiger charge is -2.36. The van der Waals surface area contributed by atoms with E-state index in [1.165, 1.54) is 5.56 Å². The first kappa shape index (κ1) is 19.2. The number of hydrogen-bond donors (Lipinski definition) is 0. The molecule has 0 radical (unpaired) electrons. The van der Waals surface area contributed by atoms with E-state index in [0.29, 0.717) is 25.2 Å². The fraction of sp³-hybridized carbons (Fsp3) is 0.500. The Morgan fingerprint density at radius 2 is 1.87 bits per heavy atom. The smallest absolute Gasteiger partial charge is 0.245 e. The van der Waals surface area contributed by atoms with Crippen LogP contribution in [0.2, 0.25) is 0 Å². The molecule has 0 bridgehead atoms. The van der Waals surface area contributed by atoms with E-state index in [1.54, 1.807) is 0 Å². The van der Waals surface area contributed by atoms with Crippen LogP contribution in [0.25, 0.3) is 0 Å². The van der Waals surface area contributed by atoms with Gasteiger partial charge in [0.05, 0.1) is 6.61 Å². The van der Waals surface area contributed by atoms with Crippen molar-refractivity contribution in [3.63, 3.8) is 0 Å². The SMILES string of the molecule is CC(C)N1CCC(CN2C(=O)C3(COc4cc5c(cc43)CCO5)c3ccccc32)CC1. The normalized spacial score (nSPS) is 25.0. The number of anilines is 1. The van der Waals surface area contributed by atoms with E-state index in [-0.39, 0.29) is 5.91 Å². The third-order valence-electron chi connectivity index (χ3n) is 7.78. The summed E-state index contributed by atoms with van der Waals surface area (Å²) in [5.74, 6) is 2.43. The molecule has 5 heteroatoms. The molecule has 0 aliphatic carbocycles. The van der Waals surface area contributed by atoms with Crippen molar-refractivity contribution in [3.05, 3.63) is 53.1 Å². The van der Waals surface area contributed by atoms with Gasteiger partial charge in [0.15, 0.2) is 0 Å². The first-order valence-electron chi connectivity index (χ1n) is 11.7. The molecule has 5 nitrogen and oxygen atoms in total. The van der Waals surface area contributed by atoms with Crippen LogP contribution < -0.4 is 14.4 Å². The van der Waals surface area contributed by atoms with Crippen molar-refractivity contribution in [1.82, 2.24) is 4.90 Å². The maximum absolute atomic E-state index is 14.1. The lowest BCUT2D eigenvalue weighted by atomic mass is 9.76. The molecule has 4 aliphatic heterocycles. The molecule has 1 spiro atoms. The second kappa shape index (κ2) is 6.99. The summed E-state index contributed by atoms with van der Waals surface area (Å²) in [6.07, 6.45) is 3.19. The average molecular weight is 419 g/mol. The Labute approximate surface area is 183 Å². The summed E-state index contributed by atoms with van der Waals surface area (Å²) in [5, 5.41) is 0. The second-order valence-corrected chi connectivity index (χ2v) is 9.75. The number of para-hydroxylation sites is 1. The lowest BCUT2D eigenvalue weighted by molar-refractivity contribution is -0.122. The van der Waals surface area contributed by atoms with E-state index in [2.05, 4.69) is 41.8 Å². The molecule has 1 atom stereocenters. The monoisotopic (exact) mass is 418 g/mol. The van der Waals surface area contributed by atoms with E-state index in [9.17, 15) is 4.79 Å². The van der Waals surface area contributed by atoms with Crippen LogP contribution in [0.3, 0.4) is 0 Å².